The average molecular weight is 412 g/mol. The maximum atomic E-state index is 12.4. The standard InChI is InChI=1S/C22H24N2O6/c1-3-4-9-28-22(27)15-5-7-16(8-6-15)23-12-21(26)24-18-11-20-19(29-13-30-20)10-17(18)14(2)25/h5-8,10-11,23H,3-4,9,12-13H2,1-2H3,(H,24,26). The van der Waals surface area contributed by atoms with Gasteiger partial charge in [-0.25, -0.2) is 4.79 Å². The number of esters is 1. The van der Waals surface area contributed by atoms with Crippen LogP contribution in [-0.4, -0.2) is 37.6 Å². The van der Waals surface area contributed by atoms with Crippen molar-refractivity contribution >= 4 is 29.0 Å². The molecule has 2 aromatic rings. The molecule has 8 heteroatoms. The number of amides is 1. The van der Waals surface area contributed by atoms with Gasteiger partial charge in [0.15, 0.2) is 17.3 Å². The molecule has 3 rings (SSSR count). The second kappa shape index (κ2) is 9.78. The number of hydrogen-bond acceptors (Lipinski definition) is 7. The van der Waals surface area contributed by atoms with Gasteiger partial charge in [0.1, 0.15) is 0 Å². The number of benzene rings is 2. The third-order valence-electron chi connectivity index (χ3n) is 4.47. The third-order valence-corrected chi connectivity index (χ3v) is 4.47. The van der Waals surface area contributed by atoms with E-state index in [4.69, 9.17) is 14.2 Å². The highest BCUT2D eigenvalue weighted by Gasteiger charge is 2.20. The first-order valence-electron chi connectivity index (χ1n) is 9.73. The Morgan fingerprint density at radius 1 is 1.07 bits per heavy atom. The number of Topliss-reactive ketones (excluding diaryl/α,β-unsaturated/α-hetero) is 1. The molecular weight excluding hydrogens is 388 g/mol. The summed E-state index contributed by atoms with van der Waals surface area (Å²) in [4.78, 5) is 36.2. The van der Waals surface area contributed by atoms with E-state index in [0.717, 1.165) is 12.8 Å². The minimum absolute atomic E-state index is 0.0217. The summed E-state index contributed by atoms with van der Waals surface area (Å²) in [5, 5.41) is 5.70. The number of carbonyl (C=O) groups excluding carboxylic acids is 3. The second-order valence-corrected chi connectivity index (χ2v) is 6.78. The van der Waals surface area contributed by atoms with Crippen molar-refractivity contribution in [2.75, 3.05) is 30.6 Å². The molecule has 1 amide bonds. The summed E-state index contributed by atoms with van der Waals surface area (Å²) in [6, 6.07) is 9.82. The van der Waals surface area contributed by atoms with Gasteiger partial charge in [-0.15, -0.1) is 0 Å². The predicted octanol–water partition coefficient (Wildman–Crippen LogP) is 3.63. The maximum absolute atomic E-state index is 12.4. The highest BCUT2D eigenvalue weighted by atomic mass is 16.7. The van der Waals surface area contributed by atoms with Gasteiger partial charge in [-0.1, -0.05) is 13.3 Å². The van der Waals surface area contributed by atoms with Gasteiger partial charge in [-0.3, -0.25) is 9.59 Å². The molecule has 0 radical (unpaired) electrons. The molecule has 0 saturated carbocycles. The van der Waals surface area contributed by atoms with Gasteiger partial charge in [0, 0.05) is 17.3 Å². The molecule has 1 aliphatic heterocycles. The van der Waals surface area contributed by atoms with Crippen LogP contribution in [0, 0.1) is 0 Å². The topological polar surface area (TPSA) is 103 Å². The zero-order valence-corrected chi connectivity index (χ0v) is 16.9. The number of ether oxygens (including phenoxy) is 3. The molecule has 0 atom stereocenters. The van der Waals surface area contributed by atoms with Crippen LogP contribution in [0.3, 0.4) is 0 Å². The molecule has 2 N–H and O–H groups in total. The largest absolute Gasteiger partial charge is 0.462 e. The van der Waals surface area contributed by atoms with Crippen molar-refractivity contribution < 1.29 is 28.6 Å². The zero-order chi connectivity index (χ0) is 21.5. The van der Waals surface area contributed by atoms with E-state index in [1.807, 2.05) is 6.92 Å². The summed E-state index contributed by atoms with van der Waals surface area (Å²) in [5.41, 5.74) is 1.84. The van der Waals surface area contributed by atoms with Crippen LogP contribution in [0.2, 0.25) is 0 Å². The molecule has 0 saturated heterocycles. The first-order chi connectivity index (χ1) is 14.5. The molecule has 0 aromatic heterocycles. The predicted molar refractivity (Wildman–Crippen MR) is 111 cm³/mol. The Morgan fingerprint density at radius 2 is 1.77 bits per heavy atom. The van der Waals surface area contributed by atoms with E-state index < -0.39 is 0 Å². The van der Waals surface area contributed by atoms with Crippen LogP contribution < -0.4 is 20.1 Å². The molecular formula is C22H24N2O6. The van der Waals surface area contributed by atoms with Gasteiger partial charge in [-0.05, 0) is 43.7 Å². The van der Waals surface area contributed by atoms with E-state index in [1.165, 1.54) is 6.92 Å². The maximum Gasteiger partial charge on any atom is 0.338 e. The summed E-state index contributed by atoms with van der Waals surface area (Å²) in [6.07, 6.45) is 1.79. The summed E-state index contributed by atoms with van der Waals surface area (Å²) in [6.45, 7) is 3.90. The summed E-state index contributed by atoms with van der Waals surface area (Å²) in [5.74, 6) is 0.0546. The molecule has 0 spiro atoms. The molecule has 8 nitrogen and oxygen atoms in total. The Labute approximate surface area is 174 Å². The minimum Gasteiger partial charge on any atom is -0.462 e. The normalized spacial score (nSPS) is 11.7. The number of rotatable bonds is 9. The summed E-state index contributed by atoms with van der Waals surface area (Å²) < 4.78 is 15.7. The molecule has 0 aliphatic carbocycles. The number of anilines is 2. The van der Waals surface area contributed by atoms with Crippen molar-refractivity contribution in [1.82, 2.24) is 0 Å². The average Bonchev–Trinajstić information content (AvgIpc) is 3.19. The van der Waals surface area contributed by atoms with Crippen molar-refractivity contribution in [3.05, 3.63) is 47.5 Å². The molecule has 0 fully saturated rings. The van der Waals surface area contributed by atoms with E-state index in [1.54, 1.807) is 36.4 Å². The van der Waals surface area contributed by atoms with Crippen molar-refractivity contribution in [3.63, 3.8) is 0 Å². The van der Waals surface area contributed by atoms with E-state index in [2.05, 4.69) is 10.6 Å². The Balaban J connectivity index is 1.56. The fourth-order valence-corrected chi connectivity index (χ4v) is 2.83. The molecule has 0 bridgehead atoms. The van der Waals surface area contributed by atoms with Gasteiger partial charge < -0.3 is 24.8 Å². The fraction of sp³-hybridized carbons (Fsp3) is 0.318. The monoisotopic (exact) mass is 412 g/mol. The number of carbonyl (C=O) groups is 3. The third kappa shape index (κ3) is 5.28. The SMILES string of the molecule is CCCCOC(=O)c1ccc(NCC(=O)Nc2cc3c(cc2C(C)=O)OCO3)cc1. The lowest BCUT2D eigenvalue weighted by atomic mass is 10.1. The first-order valence-corrected chi connectivity index (χ1v) is 9.73. The van der Waals surface area contributed by atoms with Crippen LogP contribution in [0.25, 0.3) is 0 Å². The highest BCUT2D eigenvalue weighted by Crippen LogP contribution is 2.37. The van der Waals surface area contributed by atoms with Crippen LogP contribution in [-0.2, 0) is 9.53 Å². The lowest BCUT2D eigenvalue weighted by molar-refractivity contribution is -0.114. The van der Waals surface area contributed by atoms with Crippen LogP contribution in [0.5, 0.6) is 11.5 Å². The number of ketones is 1. The lowest BCUT2D eigenvalue weighted by Crippen LogP contribution is -2.22. The second-order valence-electron chi connectivity index (χ2n) is 6.78. The van der Waals surface area contributed by atoms with E-state index in [0.29, 0.717) is 40.6 Å². The van der Waals surface area contributed by atoms with Crippen molar-refractivity contribution in [2.45, 2.75) is 26.7 Å². The van der Waals surface area contributed by atoms with Crippen LogP contribution in [0.4, 0.5) is 11.4 Å². The number of unbranched alkanes of at least 4 members (excludes halogenated alkanes) is 1. The smallest absolute Gasteiger partial charge is 0.338 e. The summed E-state index contributed by atoms with van der Waals surface area (Å²) >= 11 is 0. The quantitative estimate of drug-likeness (QED) is 0.368. The first kappa shape index (κ1) is 21.2. The van der Waals surface area contributed by atoms with E-state index in [-0.39, 0.29) is 31.0 Å². The fourth-order valence-electron chi connectivity index (χ4n) is 2.83. The number of hydrogen-bond donors (Lipinski definition) is 2. The van der Waals surface area contributed by atoms with Gasteiger partial charge in [0.25, 0.3) is 0 Å². The van der Waals surface area contributed by atoms with Gasteiger partial charge in [0.2, 0.25) is 12.7 Å². The summed E-state index contributed by atoms with van der Waals surface area (Å²) in [7, 11) is 0. The van der Waals surface area contributed by atoms with E-state index >= 15 is 0 Å². The van der Waals surface area contributed by atoms with Crippen molar-refractivity contribution in [1.29, 1.82) is 0 Å². The molecule has 30 heavy (non-hydrogen) atoms. The van der Waals surface area contributed by atoms with Crippen LogP contribution in [0.15, 0.2) is 36.4 Å². The molecule has 2 aromatic carbocycles. The highest BCUT2D eigenvalue weighted by molar-refractivity contribution is 6.05. The lowest BCUT2D eigenvalue weighted by Gasteiger charge is -2.12. The van der Waals surface area contributed by atoms with Gasteiger partial charge in [-0.2, -0.15) is 0 Å². The number of nitrogens with one attached hydrogen (secondary N) is 2. The molecule has 0 unspecified atom stereocenters. The Morgan fingerprint density at radius 3 is 2.43 bits per heavy atom. The van der Waals surface area contributed by atoms with Gasteiger partial charge >= 0.3 is 5.97 Å². The number of fused-ring (bicyclic) bond motifs is 1. The molecule has 158 valence electrons. The van der Waals surface area contributed by atoms with Crippen LogP contribution in [0.1, 0.15) is 47.4 Å². The zero-order valence-electron chi connectivity index (χ0n) is 16.9. The van der Waals surface area contributed by atoms with E-state index in [9.17, 15) is 14.4 Å². The Bertz CT molecular complexity index is 939. The Hall–Kier alpha value is -3.55. The van der Waals surface area contributed by atoms with Crippen LogP contribution >= 0.6 is 0 Å². The Kier molecular flexibility index (Phi) is 6.90. The van der Waals surface area contributed by atoms with Gasteiger partial charge in [0.05, 0.1) is 24.4 Å². The molecule has 1 heterocycles. The van der Waals surface area contributed by atoms with Crippen molar-refractivity contribution in [3.8, 4) is 11.5 Å². The molecule has 1 aliphatic rings. The van der Waals surface area contributed by atoms with Crippen molar-refractivity contribution in [2.24, 2.45) is 0 Å². The minimum atomic E-state index is -0.368.